The molecular weight excluding hydrogens is 264 g/mol. The molecule has 1 aromatic rings. The van der Waals surface area contributed by atoms with Crippen LogP contribution in [0.2, 0.25) is 0 Å². The highest BCUT2D eigenvalue weighted by Crippen LogP contribution is 2.17. The van der Waals surface area contributed by atoms with Crippen molar-refractivity contribution in [1.82, 2.24) is 10.0 Å². The third-order valence-corrected chi connectivity index (χ3v) is 4.61. The first-order chi connectivity index (χ1) is 8.93. The molecule has 0 spiro atoms. The lowest BCUT2D eigenvalue weighted by Crippen LogP contribution is -2.32. The van der Waals surface area contributed by atoms with Gasteiger partial charge in [-0.3, -0.25) is 10.5 Å². The van der Waals surface area contributed by atoms with Crippen molar-refractivity contribution in [2.45, 2.75) is 31.6 Å². The fourth-order valence-corrected chi connectivity index (χ4v) is 3.40. The van der Waals surface area contributed by atoms with Crippen molar-refractivity contribution in [3.05, 3.63) is 29.8 Å². The lowest BCUT2D eigenvalue weighted by atomic mass is 10.2. The van der Waals surface area contributed by atoms with Gasteiger partial charge in [0.1, 0.15) is 0 Å². The van der Waals surface area contributed by atoms with E-state index in [0.29, 0.717) is 13.1 Å². The van der Waals surface area contributed by atoms with Gasteiger partial charge in [-0.05, 0) is 37.1 Å². The fraction of sp³-hybridized carbons (Fsp3) is 0.462. The highest BCUT2D eigenvalue weighted by Gasteiger charge is 2.22. The first kappa shape index (κ1) is 15.7. The van der Waals surface area contributed by atoms with Crippen LogP contribution >= 0.6 is 0 Å². The normalized spacial score (nSPS) is 11.7. The lowest BCUT2D eigenvalue weighted by Gasteiger charge is -2.21. The molecule has 0 aliphatic rings. The maximum Gasteiger partial charge on any atom is 0.269 e. The van der Waals surface area contributed by atoms with Gasteiger partial charge in [-0.1, -0.05) is 13.8 Å². The van der Waals surface area contributed by atoms with Crippen molar-refractivity contribution >= 4 is 15.9 Å². The highest BCUT2D eigenvalue weighted by molar-refractivity contribution is 7.89. The molecule has 0 heterocycles. The van der Waals surface area contributed by atoms with Gasteiger partial charge in [-0.2, -0.15) is 4.31 Å². The number of hydrogen-bond acceptors (Lipinski definition) is 3. The van der Waals surface area contributed by atoms with Crippen LogP contribution in [0.15, 0.2) is 29.2 Å². The van der Waals surface area contributed by atoms with E-state index in [1.807, 2.05) is 13.8 Å². The van der Waals surface area contributed by atoms with Gasteiger partial charge in [-0.25, -0.2) is 8.42 Å². The second-order valence-electron chi connectivity index (χ2n) is 4.26. The molecule has 1 radical (unpaired) electrons. The van der Waals surface area contributed by atoms with Crippen LogP contribution in [0.3, 0.4) is 0 Å². The van der Waals surface area contributed by atoms with Crippen molar-refractivity contribution < 1.29 is 13.2 Å². The van der Waals surface area contributed by atoms with Crippen LogP contribution in [0.25, 0.3) is 0 Å². The largest absolute Gasteiger partial charge is 0.269 e. The molecule has 0 fully saturated rings. The number of hydrogen-bond donors (Lipinski definition) is 0. The number of carbonyl (C=O) groups excluding carboxylic acids is 1. The number of benzene rings is 1. The smallest absolute Gasteiger partial charge is 0.267 e. The molecule has 0 aliphatic heterocycles. The molecule has 0 unspecified atom stereocenters. The summed E-state index contributed by atoms with van der Waals surface area (Å²) >= 11 is 0. The third-order valence-electron chi connectivity index (χ3n) is 2.70. The molecule has 1 N–H and O–H groups in total. The Morgan fingerprint density at radius 1 is 1.11 bits per heavy atom. The quantitative estimate of drug-likeness (QED) is 0.767. The van der Waals surface area contributed by atoms with Gasteiger partial charge >= 0.3 is 0 Å². The molecule has 105 valence electrons. The highest BCUT2D eigenvalue weighted by atomic mass is 32.2. The lowest BCUT2D eigenvalue weighted by molar-refractivity contribution is 0.0992. The topological polar surface area (TPSA) is 78.2 Å². The minimum Gasteiger partial charge on any atom is -0.267 e. The Morgan fingerprint density at radius 2 is 1.58 bits per heavy atom. The Balaban J connectivity index is 3.07. The summed E-state index contributed by atoms with van der Waals surface area (Å²) in [6, 6.07) is 5.52. The molecule has 0 saturated heterocycles. The summed E-state index contributed by atoms with van der Waals surface area (Å²) in [5.74, 6) is -0.817. The minimum absolute atomic E-state index is 0.166. The van der Waals surface area contributed by atoms with Crippen molar-refractivity contribution in [2.75, 3.05) is 13.1 Å². The van der Waals surface area contributed by atoms with Gasteiger partial charge in [0.2, 0.25) is 10.0 Å². The third kappa shape index (κ3) is 3.78. The monoisotopic (exact) mass is 283 g/mol. The van der Waals surface area contributed by atoms with Crippen molar-refractivity contribution in [1.29, 1.82) is 0 Å². The first-order valence-corrected chi connectivity index (χ1v) is 7.73. The number of rotatable bonds is 7. The molecule has 0 bridgehead atoms. The van der Waals surface area contributed by atoms with Crippen LogP contribution in [0, 0.1) is 0 Å². The summed E-state index contributed by atoms with van der Waals surface area (Å²) in [6.07, 6.45) is 1.50. The molecule has 19 heavy (non-hydrogen) atoms. The number of amides is 1. The Morgan fingerprint density at radius 3 is 1.95 bits per heavy atom. The Hall–Kier alpha value is -1.40. The van der Waals surface area contributed by atoms with E-state index in [-0.39, 0.29) is 10.5 Å². The maximum absolute atomic E-state index is 12.4. The van der Waals surface area contributed by atoms with E-state index in [1.54, 1.807) is 0 Å². The maximum atomic E-state index is 12.4. The average Bonchev–Trinajstić information content (AvgIpc) is 2.38. The summed E-state index contributed by atoms with van der Waals surface area (Å²) in [7, 11) is -3.51. The standard InChI is InChI=1S/C13H19N2O3S/c1-3-9-15(10-4-2)19(17,18)12-7-5-11(6-8-12)13(14)16/h5-8,14H,3-4,9-10H2,1-2H3. The second-order valence-corrected chi connectivity index (χ2v) is 6.20. The zero-order valence-electron chi connectivity index (χ0n) is 11.2. The SMILES string of the molecule is CCCN(CCC)S(=O)(=O)c1ccc(C([NH])=O)cc1. The second kappa shape index (κ2) is 6.68. The molecule has 0 aromatic heterocycles. The van der Waals surface area contributed by atoms with Crippen molar-refractivity contribution in [3.63, 3.8) is 0 Å². The Labute approximate surface area is 114 Å². The average molecular weight is 283 g/mol. The molecule has 0 atom stereocenters. The molecule has 0 aliphatic carbocycles. The van der Waals surface area contributed by atoms with E-state index >= 15 is 0 Å². The van der Waals surface area contributed by atoms with E-state index in [2.05, 4.69) is 0 Å². The molecule has 1 rings (SSSR count). The van der Waals surface area contributed by atoms with Crippen molar-refractivity contribution in [2.24, 2.45) is 0 Å². The van der Waals surface area contributed by atoms with Crippen LogP contribution in [0.1, 0.15) is 37.0 Å². The molecule has 6 heteroatoms. The van der Waals surface area contributed by atoms with Crippen LogP contribution in [0.4, 0.5) is 0 Å². The van der Waals surface area contributed by atoms with E-state index in [9.17, 15) is 13.2 Å². The Kier molecular flexibility index (Phi) is 5.50. The van der Waals surface area contributed by atoms with Gasteiger partial charge in [0, 0.05) is 18.7 Å². The summed E-state index contributed by atoms with van der Waals surface area (Å²) in [5, 5.41) is 0. The first-order valence-electron chi connectivity index (χ1n) is 6.29. The fourth-order valence-electron chi connectivity index (χ4n) is 1.78. The van der Waals surface area contributed by atoms with E-state index in [1.165, 1.54) is 28.6 Å². The summed E-state index contributed by atoms with van der Waals surface area (Å²) in [6.45, 7) is 4.82. The summed E-state index contributed by atoms with van der Waals surface area (Å²) in [5.41, 5.74) is 7.15. The zero-order chi connectivity index (χ0) is 14.5. The Bertz CT molecular complexity index is 517. The van der Waals surface area contributed by atoms with Crippen LogP contribution < -0.4 is 5.73 Å². The van der Waals surface area contributed by atoms with Crippen molar-refractivity contribution in [3.8, 4) is 0 Å². The summed E-state index contributed by atoms with van der Waals surface area (Å²) < 4.78 is 26.2. The van der Waals surface area contributed by atoms with E-state index < -0.39 is 15.9 Å². The molecule has 1 aromatic carbocycles. The van der Waals surface area contributed by atoms with Crippen LogP contribution in [-0.2, 0) is 10.0 Å². The summed E-state index contributed by atoms with van der Waals surface area (Å²) in [4.78, 5) is 11.0. The van der Waals surface area contributed by atoms with Crippen LogP contribution in [-0.4, -0.2) is 31.7 Å². The minimum atomic E-state index is -3.51. The molecule has 1 amide bonds. The van der Waals surface area contributed by atoms with Gasteiger partial charge in [-0.15, -0.1) is 0 Å². The predicted molar refractivity (Wildman–Crippen MR) is 73.2 cm³/mol. The predicted octanol–water partition coefficient (Wildman–Crippen LogP) is 1.92. The number of sulfonamides is 1. The molecule has 5 nitrogen and oxygen atoms in total. The van der Waals surface area contributed by atoms with Gasteiger partial charge in [0.25, 0.3) is 5.91 Å². The van der Waals surface area contributed by atoms with Gasteiger partial charge in [0.15, 0.2) is 0 Å². The molecular formula is C13H19N2O3S. The number of carbonyl (C=O) groups is 1. The van der Waals surface area contributed by atoms with E-state index in [0.717, 1.165) is 12.8 Å². The van der Waals surface area contributed by atoms with Gasteiger partial charge in [0.05, 0.1) is 4.90 Å². The van der Waals surface area contributed by atoms with Gasteiger partial charge < -0.3 is 0 Å². The van der Waals surface area contributed by atoms with E-state index in [4.69, 9.17) is 5.73 Å². The zero-order valence-corrected chi connectivity index (χ0v) is 12.0. The van der Waals surface area contributed by atoms with Crippen LogP contribution in [0.5, 0.6) is 0 Å². The number of nitrogens with zero attached hydrogens (tertiary/aromatic N) is 1. The number of nitrogens with one attached hydrogen (secondary N) is 1. The molecule has 0 saturated carbocycles.